The SMILES string of the molecule is CN(C)NNC(=Nc1ccc(F)cc1Cl)c1ccc([N+](=O)[O-])cc1. The molecule has 0 amide bonds. The predicted octanol–water partition coefficient (Wildman–Crippen LogP) is 3.04. The van der Waals surface area contributed by atoms with Crippen molar-refractivity contribution in [3.05, 3.63) is 69.0 Å². The van der Waals surface area contributed by atoms with Crippen molar-refractivity contribution in [1.29, 1.82) is 0 Å². The third kappa shape index (κ3) is 4.72. The number of benzene rings is 2. The lowest BCUT2D eigenvalue weighted by atomic mass is 10.2. The van der Waals surface area contributed by atoms with Crippen molar-refractivity contribution in [2.75, 3.05) is 14.1 Å². The van der Waals surface area contributed by atoms with Gasteiger partial charge in [-0.1, -0.05) is 11.6 Å². The minimum Gasteiger partial charge on any atom is -0.291 e. The number of hydrazine groups is 2. The summed E-state index contributed by atoms with van der Waals surface area (Å²) in [6.07, 6.45) is 0. The maximum absolute atomic E-state index is 13.2. The van der Waals surface area contributed by atoms with E-state index in [1.165, 1.54) is 24.3 Å². The van der Waals surface area contributed by atoms with Crippen LogP contribution in [0.2, 0.25) is 5.02 Å². The standard InChI is InChI=1S/C15H15ClFN5O2/c1-21(2)20-19-15(10-3-6-12(7-4-10)22(23)24)18-14-8-5-11(17)9-13(14)16/h3-9,20H,1-2H3,(H,18,19). The molecule has 0 heterocycles. The number of non-ortho nitro benzene ring substituents is 1. The number of nitrogens with zero attached hydrogens (tertiary/aromatic N) is 3. The summed E-state index contributed by atoms with van der Waals surface area (Å²) in [6, 6.07) is 9.70. The lowest BCUT2D eigenvalue weighted by Gasteiger charge is -2.16. The topological polar surface area (TPSA) is 82.8 Å². The predicted molar refractivity (Wildman–Crippen MR) is 90.7 cm³/mol. The largest absolute Gasteiger partial charge is 0.291 e. The highest BCUT2D eigenvalue weighted by molar-refractivity contribution is 6.33. The van der Waals surface area contributed by atoms with Gasteiger partial charge in [-0.15, -0.1) is 0 Å². The van der Waals surface area contributed by atoms with Crippen molar-refractivity contribution in [2.45, 2.75) is 0 Å². The summed E-state index contributed by atoms with van der Waals surface area (Å²) in [5.74, 6) is -0.0951. The Labute approximate surface area is 142 Å². The van der Waals surface area contributed by atoms with Gasteiger partial charge in [-0.2, -0.15) is 5.53 Å². The average Bonchev–Trinajstić information content (AvgIpc) is 2.53. The molecule has 2 aromatic rings. The second-order valence-electron chi connectivity index (χ2n) is 4.99. The van der Waals surface area contributed by atoms with Crippen LogP contribution in [0.25, 0.3) is 0 Å². The van der Waals surface area contributed by atoms with Crippen LogP contribution in [0.4, 0.5) is 15.8 Å². The van der Waals surface area contributed by atoms with Crippen LogP contribution >= 0.6 is 11.6 Å². The number of rotatable bonds is 5. The lowest BCUT2D eigenvalue weighted by molar-refractivity contribution is -0.384. The van der Waals surface area contributed by atoms with E-state index in [1.807, 2.05) is 0 Å². The van der Waals surface area contributed by atoms with Gasteiger partial charge in [0.05, 0.1) is 15.6 Å². The second kappa shape index (κ2) is 7.82. The number of amidine groups is 1. The number of halogens is 2. The Bertz CT molecular complexity index is 765. The molecule has 2 rings (SSSR count). The van der Waals surface area contributed by atoms with Gasteiger partial charge in [-0.05, 0) is 30.3 Å². The number of hydrogen-bond acceptors (Lipinski definition) is 5. The minimum absolute atomic E-state index is 0.0292. The van der Waals surface area contributed by atoms with Gasteiger partial charge in [0.1, 0.15) is 11.7 Å². The van der Waals surface area contributed by atoms with Gasteiger partial charge in [0, 0.05) is 31.8 Å². The highest BCUT2D eigenvalue weighted by Gasteiger charge is 2.10. The number of nitro benzene ring substituents is 1. The molecule has 2 aromatic carbocycles. The molecule has 0 fully saturated rings. The highest BCUT2D eigenvalue weighted by atomic mass is 35.5. The highest BCUT2D eigenvalue weighted by Crippen LogP contribution is 2.26. The van der Waals surface area contributed by atoms with E-state index in [-0.39, 0.29) is 10.7 Å². The van der Waals surface area contributed by atoms with E-state index in [2.05, 4.69) is 16.0 Å². The Morgan fingerprint density at radius 2 is 1.92 bits per heavy atom. The molecule has 0 aromatic heterocycles. The Hall–Kier alpha value is -2.55. The fraction of sp³-hybridized carbons (Fsp3) is 0.133. The zero-order valence-electron chi connectivity index (χ0n) is 13.0. The molecule has 24 heavy (non-hydrogen) atoms. The van der Waals surface area contributed by atoms with Crippen LogP contribution in [0, 0.1) is 15.9 Å². The molecule has 0 radical (unpaired) electrons. The molecule has 0 aliphatic heterocycles. The first-order valence-corrected chi connectivity index (χ1v) is 7.22. The van der Waals surface area contributed by atoms with Crippen molar-refractivity contribution >= 4 is 28.8 Å². The third-order valence-corrected chi connectivity index (χ3v) is 3.19. The third-order valence-electron chi connectivity index (χ3n) is 2.89. The molecular weight excluding hydrogens is 337 g/mol. The van der Waals surface area contributed by atoms with E-state index in [9.17, 15) is 14.5 Å². The quantitative estimate of drug-likeness (QED) is 0.374. The zero-order valence-corrected chi connectivity index (χ0v) is 13.7. The van der Waals surface area contributed by atoms with E-state index in [0.29, 0.717) is 17.1 Å². The van der Waals surface area contributed by atoms with Crippen LogP contribution in [0.15, 0.2) is 47.5 Å². The van der Waals surface area contributed by atoms with E-state index in [1.54, 1.807) is 31.2 Å². The summed E-state index contributed by atoms with van der Waals surface area (Å²) in [4.78, 5) is 14.6. The summed E-state index contributed by atoms with van der Waals surface area (Å²) in [5, 5.41) is 12.6. The molecule has 0 saturated heterocycles. The van der Waals surface area contributed by atoms with Gasteiger partial charge in [-0.3, -0.25) is 15.5 Å². The van der Waals surface area contributed by atoms with Gasteiger partial charge in [0.2, 0.25) is 0 Å². The molecule has 126 valence electrons. The minimum atomic E-state index is -0.483. The van der Waals surface area contributed by atoms with Gasteiger partial charge >= 0.3 is 0 Å². The molecule has 7 nitrogen and oxygen atoms in total. The summed E-state index contributed by atoms with van der Waals surface area (Å²) in [5.41, 5.74) is 6.64. The Morgan fingerprint density at radius 1 is 1.25 bits per heavy atom. The van der Waals surface area contributed by atoms with Crippen molar-refractivity contribution in [3.8, 4) is 0 Å². The van der Waals surface area contributed by atoms with Crippen LogP contribution < -0.4 is 11.0 Å². The molecule has 0 atom stereocenters. The van der Waals surface area contributed by atoms with E-state index in [4.69, 9.17) is 11.6 Å². The maximum atomic E-state index is 13.2. The summed E-state index contributed by atoms with van der Waals surface area (Å²) in [7, 11) is 3.54. The molecule has 0 aliphatic rings. The van der Waals surface area contributed by atoms with Crippen molar-refractivity contribution < 1.29 is 9.31 Å². The average molecular weight is 352 g/mol. The first-order valence-electron chi connectivity index (χ1n) is 6.84. The van der Waals surface area contributed by atoms with Gasteiger partial charge in [0.15, 0.2) is 0 Å². The van der Waals surface area contributed by atoms with E-state index in [0.717, 1.165) is 6.07 Å². The monoisotopic (exact) mass is 351 g/mol. The van der Waals surface area contributed by atoms with Crippen LogP contribution in [-0.2, 0) is 0 Å². The number of nitrogens with one attached hydrogen (secondary N) is 2. The second-order valence-corrected chi connectivity index (χ2v) is 5.40. The first kappa shape index (κ1) is 17.8. The molecular formula is C15H15ClFN5O2. The molecule has 0 unspecified atom stereocenters. The molecule has 9 heteroatoms. The number of aliphatic imine (C=N–C) groups is 1. The van der Waals surface area contributed by atoms with Crippen LogP contribution in [0.3, 0.4) is 0 Å². The van der Waals surface area contributed by atoms with Crippen molar-refractivity contribution in [2.24, 2.45) is 4.99 Å². The number of hydrogen-bond donors (Lipinski definition) is 2. The van der Waals surface area contributed by atoms with E-state index < -0.39 is 10.7 Å². The number of nitro groups is 1. The lowest BCUT2D eigenvalue weighted by Crippen LogP contribution is -2.45. The van der Waals surface area contributed by atoms with Crippen LogP contribution in [0.5, 0.6) is 0 Å². The molecule has 0 bridgehead atoms. The molecule has 0 aliphatic carbocycles. The Balaban J connectivity index is 2.39. The van der Waals surface area contributed by atoms with E-state index >= 15 is 0 Å². The first-order chi connectivity index (χ1) is 11.4. The van der Waals surface area contributed by atoms with Gasteiger partial charge < -0.3 is 0 Å². The van der Waals surface area contributed by atoms with Crippen molar-refractivity contribution in [3.63, 3.8) is 0 Å². The van der Waals surface area contributed by atoms with Gasteiger partial charge in [-0.25, -0.2) is 14.4 Å². The molecule has 0 spiro atoms. The Kier molecular flexibility index (Phi) is 5.80. The van der Waals surface area contributed by atoms with Crippen molar-refractivity contribution in [1.82, 2.24) is 16.0 Å². The zero-order chi connectivity index (χ0) is 17.7. The molecule has 2 N–H and O–H groups in total. The summed E-state index contributed by atoms with van der Waals surface area (Å²) >= 11 is 6.00. The smallest absolute Gasteiger partial charge is 0.269 e. The fourth-order valence-corrected chi connectivity index (χ4v) is 1.97. The molecule has 0 saturated carbocycles. The Morgan fingerprint density at radius 3 is 2.46 bits per heavy atom. The van der Waals surface area contributed by atoms with Gasteiger partial charge in [0.25, 0.3) is 5.69 Å². The van der Waals surface area contributed by atoms with Crippen LogP contribution in [-0.4, -0.2) is 29.9 Å². The maximum Gasteiger partial charge on any atom is 0.269 e. The normalized spacial score (nSPS) is 11.6. The van der Waals surface area contributed by atoms with Crippen LogP contribution in [0.1, 0.15) is 5.56 Å². The summed E-state index contributed by atoms with van der Waals surface area (Å²) in [6.45, 7) is 0. The fourth-order valence-electron chi connectivity index (χ4n) is 1.76. The summed E-state index contributed by atoms with van der Waals surface area (Å²) < 4.78 is 13.2.